The second-order valence-electron chi connectivity index (χ2n) is 4.14. The van der Waals surface area contributed by atoms with Crippen molar-refractivity contribution in [2.75, 3.05) is 6.61 Å². The molecule has 1 N–H and O–H groups in total. The Morgan fingerprint density at radius 3 is 2.35 bits per heavy atom. The smallest absolute Gasteiger partial charge is 0.120 e. The van der Waals surface area contributed by atoms with Crippen LogP contribution in [0.5, 0.6) is 5.75 Å². The summed E-state index contributed by atoms with van der Waals surface area (Å²) in [6.45, 7) is 6.83. The van der Waals surface area contributed by atoms with Gasteiger partial charge in [0.1, 0.15) is 5.75 Å². The van der Waals surface area contributed by atoms with E-state index in [9.17, 15) is 5.11 Å². The van der Waals surface area contributed by atoms with Crippen molar-refractivity contribution in [2.45, 2.75) is 39.7 Å². The molecule has 1 rings (SSSR count). The SMILES string of the molecule is CCOc1ccc(C(O)C(CC)CC)c(Br)c1. The molecule has 2 nitrogen and oxygen atoms in total. The van der Waals surface area contributed by atoms with E-state index in [1.54, 1.807) is 0 Å². The number of halogens is 1. The van der Waals surface area contributed by atoms with E-state index in [1.165, 1.54) is 0 Å². The van der Waals surface area contributed by atoms with Crippen LogP contribution in [-0.2, 0) is 0 Å². The lowest BCUT2D eigenvalue weighted by atomic mass is 9.91. The molecule has 1 aromatic carbocycles. The minimum absolute atomic E-state index is 0.309. The number of hydrogen-bond acceptors (Lipinski definition) is 2. The van der Waals surface area contributed by atoms with Crippen molar-refractivity contribution < 1.29 is 9.84 Å². The van der Waals surface area contributed by atoms with Crippen molar-refractivity contribution in [3.05, 3.63) is 28.2 Å². The monoisotopic (exact) mass is 300 g/mol. The van der Waals surface area contributed by atoms with Crippen LogP contribution in [0.4, 0.5) is 0 Å². The zero-order chi connectivity index (χ0) is 12.8. The molecule has 0 aromatic heterocycles. The third-order valence-electron chi connectivity index (χ3n) is 3.10. The Morgan fingerprint density at radius 1 is 1.24 bits per heavy atom. The minimum atomic E-state index is -0.407. The van der Waals surface area contributed by atoms with Crippen molar-refractivity contribution >= 4 is 15.9 Å². The van der Waals surface area contributed by atoms with Crippen molar-refractivity contribution in [1.29, 1.82) is 0 Å². The Hall–Kier alpha value is -0.540. The van der Waals surface area contributed by atoms with Gasteiger partial charge in [-0.05, 0) is 30.5 Å². The summed E-state index contributed by atoms with van der Waals surface area (Å²) >= 11 is 3.50. The van der Waals surface area contributed by atoms with Crippen molar-refractivity contribution in [3.63, 3.8) is 0 Å². The lowest BCUT2D eigenvalue weighted by Crippen LogP contribution is -2.11. The number of aliphatic hydroxyl groups excluding tert-OH is 1. The molecule has 1 atom stereocenters. The highest BCUT2D eigenvalue weighted by molar-refractivity contribution is 9.10. The molecule has 0 aliphatic rings. The van der Waals surface area contributed by atoms with E-state index in [0.29, 0.717) is 12.5 Å². The van der Waals surface area contributed by atoms with E-state index in [0.717, 1.165) is 28.6 Å². The predicted molar refractivity (Wildman–Crippen MR) is 74.3 cm³/mol. The van der Waals surface area contributed by atoms with Crippen LogP contribution < -0.4 is 4.74 Å². The average Bonchev–Trinajstić information content (AvgIpc) is 2.31. The first-order valence-electron chi connectivity index (χ1n) is 6.24. The molecule has 0 amide bonds. The maximum Gasteiger partial charge on any atom is 0.120 e. The Labute approximate surface area is 112 Å². The van der Waals surface area contributed by atoms with E-state index >= 15 is 0 Å². The van der Waals surface area contributed by atoms with E-state index in [1.807, 2.05) is 25.1 Å². The molecule has 17 heavy (non-hydrogen) atoms. The summed E-state index contributed by atoms with van der Waals surface area (Å²) in [5, 5.41) is 10.3. The highest BCUT2D eigenvalue weighted by Gasteiger charge is 2.19. The lowest BCUT2D eigenvalue weighted by molar-refractivity contribution is 0.102. The number of aliphatic hydroxyl groups is 1. The fourth-order valence-corrected chi connectivity index (χ4v) is 2.59. The first kappa shape index (κ1) is 14.5. The third kappa shape index (κ3) is 3.71. The number of ether oxygens (including phenoxy) is 1. The maximum absolute atomic E-state index is 10.3. The van der Waals surface area contributed by atoms with Gasteiger partial charge < -0.3 is 9.84 Å². The van der Waals surface area contributed by atoms with E-state index in [4.69, 9.17) is 4.74 Å². The zero-order valence-corrected chi connectivity index (χ0v) is 12.3. The molecule has 0 aliphatic carbocycles. The summed E-state index contributed by atoms with van der Waals surface area (Å²) in [5.74, 6) is 1.14. The summed E-state index contributed by atoms with van der Waals surface area (Å²) in [6, 6.07) is 5.78. The highest BCUT2D eigenvalue weighted by Crippen LogP contribution is 2.34. The molecule has 0 radical (unpaired) electrons. The first-order valence-corrected chi connectivity index (χ1v) is 7.03. The zero-order valence-electron chi connectivity index (χ0n) is 10.7. The molecular weight excluding hydrogens is 280 g/mol. The van der Waals surface area contributed by atoms with Crippen LogP contribution in [0.3, 0.4) is 0 Å². The normalized spacial score (nSPS) is 12.8. The van der Waals surface area contributed by atoms with Gasteiger partial charge in [0.2, 0.25) is 0 Å². The van der Waals surface area contributed by atoms with E-state index in [2.05, 4.69) is 29.8 Å². The molecule has 1 aromatic rings. The van der Waals surface area contributed by atoms with Gasteiger partial charge in [0.05, 0.1) is 12.7 Å². The standard InChI is InChI=1S/C14H21BrO2/c1-4-10(5-2)14(16)12-8-7-11(17-6-3)9-13(12)15/h7-10,14,16H,4-6H2,1-3H3. The molecule has 0 spiro atoms. The van der Waals surface area contributed by atoms with Gasteiger partial charge in [-0.1, -0.05) is 48.7 Å². The summed E-state index contributed by atoms with van der Waals surface area (Å²) in [5.41, 5.74) is 0.946. The molecule has 0 fully saturated rings. The molecule has 0 saturated heterocycles. The quantitative estimate of drug-likeness (QED) is 0.848. The Bertz CT molecular complexity index is 348. The summed E-state index contributed by atoms with van der Waals surface area (Å²) in [4.78, 5) is 0. The fraction of sp³-hybridized carbons (Fsp3) is 0.571. The molecule has 0 heterocycles. The van der Waals surface area contributed by atoms with Gasteiger partial charge >= 0.3 is 0 Å². The van der Waals surface area contributed by atoms with Gasteiger partial charge in [0, 0.05) is 4.47 Å². The maximum atomic E-state index is 10.3. The molecule has 3 heteroatoms. The second kappa shape index (κ2) is 7.02. The number of benzene rings is 1. The topological polar surface area (TPSA) is 29.5 Å². The largest absolute Gasteiger partial charge is 0.494 e. The van der Waals surface area contributed by atoms with Gasteiger partial charge in [-0.15, -0.1) is 0 Å². The molecule has 96 valence electrons. The Balaban J connectivity index is 2.90. The van der Waals surface area contributed by atoms with Crippen LogP contribution in [0.15, 0.2) is 22.7 Å². The van der Waals surface area contributed by atoms with E-state index < -0.39 is 6.10 Å². The molecule has 0 bridgehead atoms. The molecule has 0 aliphatic heterocycles. The van der Waals surface area contributed by atoms with Crippen LogP contribution in [0, 0.1) is 5.92 Å². The van der Waals surface area contributed by atoms with Gasteiger partial charge in [0.15, 0.2) is 0 Å². The Kier molecular flexibility index (Phi) is 6.00. The fourth-order valence-electron chi connectivity index (χ4n) is 1.99. The van der Waals surface area contributed by atoms with Crippen LogP contribution in [-0.4, -0.2) is 11.7 Å². The van der Waals surface area contributed by atoms with Gasteiger partial charge in [-0.25, -0.2) is 0 Å². The second-order valence-corrected chi connectivity index (χ2v) is 4.99. The van der Waals surface area contributed by atoms with Crippen molar-refractivity contribution in [3.8, 4) is 5.75 Å². The van der Waals surface area contributed by atoms with Crippen LogP contribution in [0.2, 0.25) is 0 Å². The predicted octanol–water partition coefficient (Wildman–Crippen LogP) is 4.32. The highest BCUT2D eigenvalue weighted by atomic mass is 79.9. The van der Waals surface area contributed by atoms with Crippen molar-refractivity contribution in [2.24, 2.45) is 5.92 Å². The molecule has 0 saturated carbocycles. The van der Waals surface area contributed by atoms with Gasteiger partial charge in [-0.2, -0.15) is 0 Å². The molecular formula is C14H21BrO2. The van der Waals surface area contributed by atoms with Gasteiger partial charge in [-0.3, -0.25) is 0 Å². The van der Waals surface area contributed by atoms with Crippen molar-refractivity contribution in [1.82, 2.24) is 0 Å². The number of hydrogen-bond donors (Lipinski definition) is 1. The summed E-state index contributed by atoms with van der Waals surface area (Å²) in [7, 11) is 0. The van der Waals surface area contributed by atoms with Crippen LogP contribution >= 0.6 is 15.9 Å². The van der Waals surface area contributed by atoms with E-state index in [-0.39, 0.29) is 0 Å². The van der Waals surface area contributed by atoms with Crippen LogP contribution in [0.25, 0.3) is 0 Å². The first-order chi connectivity index (χ1) is 8.13. The lowest BCUT2D eigenvalue weighted by Gasteiger charge is -2.21. The minimum Gasteiger partial charge on any atom is -0.494 e. The van der Waals surface area contributed by atoms with Gasteiger partial charge in [0.25, 0.3) is 0 Å². The summed E-state index contributed by atoms with van der Waals surface area (Å²) < 4.78 is 6.34. The number of rotatable bonds is 6. The third-order valence-corrected chi connectivity index (χ3v) is 3.78. The average molecular weight is 301 g/mol. The molecule has 1 unspecified atom stereocenters. The Morgan fingerprint density at radius 2 is 1.88 bits per heavy atom. The van der Waals surface area contributed by atoms with Crippen LogP contribution in [0.1, 0.15) is 45.3 Å². The summed E-state index contributed by atoms with van der Waals surface area (Å²) in [6.07, 6.45) is 1.56.